The molecule has 6 heteroatoms. The topological polar surface area (TPSA) is 29.3 Å². The first-order chi connectivity index (χ1) is 7.97. The molecule has 0 aliphatic carbocycles. The number of rotatable bonds is 2. The first kappa shape index (κ1) is 12.4. The molecule has 17 heavy (non-hydrogen) atoms. The summed E-state index contributed by atoms with van der Waals surface area (Å²) in [5, 5.41) is 3.69. The van der Waals surface area contributed by atoms with Gasteiger partial charge in [-0.15, -0.1) is 0 Å². The molecule has 1 fully saturated rings. The SMILES string of the molecule is Cc1cc(CN2CCCC[C@@H]2C(F)(F)F)on1. The lowest BCUT2D eigenvalue weighted by atomic mass is 10.0. The third-order valence-corrected chi connectivity index (χ3v) is 3.03. The molecule has 0 N–H and O–H groups in total. The molecular weight excluding hydrogens is 233 g/mol. The van der Waals surface area contributed by atoms with E-state index in [0.717, 1.165) is 6.42 Å². The molecule has 0 amide bonds. The van der Waals surface area contributed by atoms with Crippen LogP contribution in [0.4, 0.5) is 13.2 Å². The van der Waals surface area contributed by atoms with Crippen molar-refractivity contribution in [3.8, 4) is 0 Å². The molecule has 1 saturated heterocycles. The van der Waals surface area contributed by atoms with Gasteiger partial charge in [0.25, 0.3) is 0 Å². The van der Waals surface area contributed by atoms with Gasteiger partial charge in [0.05, 0.1) is 12.2 Å². The van der Waals surface area contributed by atoms with Crippen molar-refractivity contribution >= 4 is 0 Å². The Bertz CT molecular complexity index is 375. The zero-order chi connectivity index (χ0) is 12.5. The minimum absolute atomic E-state index is 0.177. The van der Waals surface area contributed by atoms with Crippen LogP contribution in [0.5, 0.6) is 0 Å². The smallest absolute Gasteiger partial charge is 0.360 e. The zero-order valence-corrected chi connectivity index (χ0v) is 9.63. The molecule has 1 aliphatic rings. The highest BCUT2D eigenvalue weighted by atomic mass is 19.4. The lowest BCUT2D eigenvalue weighted by molar-refractivity contribution is -0.193. The Labute approximate surface area is 97.6 Å². The number of hydrogen-bond acceptors (Lipinski definition) is 3. The van der Waals surface area contributed by atoms with E-state index in [4.69, 9.17) is 4.52 Å². The van der Waals surface area contributed by atoms with Crippen LogP contribution in [-0.2, 0) is 6.54 Å². The highest BCUT2D eigenvalue weighted by Crippen LogP contribution is 2.32. The van der Waals surface area contributed by atoms with Gasteiger partial charge in [-0.3, -0.25) is 4.90 Å². The summed E-state index contributed by atoms with van der Waals surface area (Å²) in [5.74, 6) is 0.499. The Morgan fingerprint density at radius 1 is 1.47 bits per heavy atom. The van der Waals surface area contributed by atoms with Crippen LogP contribution < -0.4 is 0 Å². The predicted molar refractivity (Wildman–Crippen MR) is 55.3 cm³/mol. The third-order valence-electron chi connectivity index (χ3n) is 3.03. The average Bonchev–Trinajstić information content (AvgIpc) is 2.63. The summed E-state index contributed by atoms with van der Waals surface area (Å²) in [6.07, 6.45) is -2.54. The summed E-state index contributed by atoms with van der Waals surface area (Å²) in [7, 11) is 0. The van der Waals surface area contributed by atoms with Crippen molar-refractivity contribution in [1.29, 1.82) is 0 Å². The summed E-state index contributed by atoms with van der Waals surface area (Å²) in [6, 6.07) is 0.337. The number of alkyl halides is 3. The molecule has 1 aromatic heterocycles. The number of aromatic nitrogens is 1. The monoisotopic (exact) mass is 248 g/mol. The fraction of sp³-hybridized carbons (Fsp3) is 0.727. The van der Waals surface area contributed by atoms with Crippen molar-refractivity contribution in [3.63, 3.8) is 0 Å². The molecule has 0 radical (unpaired) electrons. The highest BCUT2D eigenvalue weighted by Gasteiger charge is 2.44. The molecular formula is C11H15F3N2O. The molecule has 0 aromatic carbocycles. The molecule has 0 saturated carbocycles. The Kier molecular flexibility index (Phi) is 3.42. The maximum absolute atomic E-state index is 12.8. The van der Waals surface area contributed by atoms with E-state index in [1.54, 1.807) is 13.0 Å². The lowest BCUT2D eigenvalue weighted by Gasteiger charge is -2.35. The van der Waals surface area contributed by atoms with Crippen LogP contribution in [0.25, 0.3) is 0 Å². The quantitative estimate of drug-likeness (QED) is 0.805. The van der Waals surface area contributed by atoms with E-state index in [1.165, 1.54) is 4.90 Å². The maximum atomic E-state index is 12.8. The molecule has 1 aliphatic heterocycles. The number of hydrogen-bond donors (Lipinski definition) is 0. The first-order valence-corrected chi connectivity index (χ1v) is 5.70. The number of piperidine rings is 1. The highest BCUT2D eigenvalue weighted by molar-refractivity contribution is 5.03. The van der Waals surface area contributed by atoms with Gasteiger partial charge in [0.2, 0.25) is 0 Å². The Morgan fingerprint density at radius 3 is 2.82 bits per heavy atom. The van der Waals surface area contributed by atoms with Crippen LogP contribution in [0.15, 0.2) is 10.6 Å². The second-order valence-corrected chi connectivity index (χ2v) is 4.46. The van der Waals surface area contributed by atoms with Crippen molar-refractivity contribution in [2.24, 2.45) is 0 Å². The molecule has 96 valence electrons. The second kappa shape index (κ2) is 4.68. The van der Waals surface area contributed by atoms with E-state index in [1.807, 2.05) is 0 Å². The normalized spacial score (nSPS) is 22.9. The molecule has 2 rings (SSSR count). The number of aryl methyl sites for hydroxylation is 1. The molecule has 1 aromatic rings. The first-order valence-electron chi connectivity index (χ1n) is 5.70. The molecule has 0 bridgehead atoms. The fourth-order valence-electron chi connectivity index (χ4n) is 2.24. The lowest BCUT2D eigenvalue weighted by Crippen LogP contribution is -2.47. The minimum atomic E-state index is -4.16. The van der Waals surface area contributed by atoms with Gasteiger partial charge in [-0.25, -0.2) is 0 Å². The van der Waals surface area contributed by atoms with Crippen LogP contribution >= 0.6 is 0 Å². The third kappa shape index (κ3) is 3.00. The van der Waals surface area contributed by atoms with Crippen LogP contribution in [0.2, 0.25) is 0 Å². The molecule has 1 atom stereocenters. The van der Waals surface area contributed by atoms with Crippen molar-refractivity contribution in [2.45, 2.75) is 44.9 Å². The zero-order valence-electron chi connectivity index (χ0n) is 9.63. The van der Waals surface area contributed by atoms with Crippen LogP contribution in [0.3, 0.4) is 0 Å². The van der Waals surface area contributed by atoms with Crippen LogP contribution in [0, 0.1) is 6.92 Å². The van der Waals surface area contributed by atoms with Gasteiger partial charge in [-0.2, -0.15) is 13.2 Å². The summed E-state index contributed by atoms with van der Waals surface area (Å²) in [6.45, 7) is 2.40. The molecule has 2 heterocycles. The van der Waals surface area contributed by atoms with Crippen LogP contribution in [0.1, 0.15) is 30.7 Å². The van der Waals surface area contributed by atoms with E-state index >= 15 is 0 Å². The summed E-state index contributed by atoms with van der Waals surface area (Å²) >= 11 is 0. The number of likely N-dealkylation sites (tertiary alicyclic amines) is 1. The van der Waals surface area contributed by atoms with Gasteiger partial charge in [0.15, 0.2) is 5.76 Å². The fourth-order valence-corrected chi connectivity index (χ4v) is 2.24. The minimum Gasteiger partial charge on any atom is -0.360 e. The van der Waals surface area contributed by atoms with E-state index in [2.05, 4.69) is 5.16 Å². The van der Waals surface area contributed by atoms with E-state index in [9.17, 15) is 13.2 Å². The maximum Gasteiger partial charge on any atom is 0.404 e. The largest absolute Gasteiger partial charge is 0.404 e. The van der Waals surface area contributed by atoms with E-state index in [-0.39, 0.29) is 13.0 Å². The van der Waals surface area contributed by atoms with Gasteiger partial charge in [0, 0.05) is 6.07 Å². The second-order valence-electron chi connectivity index (χ2n) is 4.46. The predicted octanol–water partition coefficient (Wildman–Crippen LogP) is 2.90. The Morgan fingerprint density at radius 2 is 2.24 bits per heavy atom. The van der Waals surface area contributed by atoms with Crippen molar-refractivity contribution in [3.05, 3.63) is 17.5 Å². The van der Waals surface area contributed by atoms with E-state index < -0.39 is 12.2 Å². The van der Waals surface area contributed by atoms with Gasteiger partial charge < -0.3 is 4.52 Å². The molecule has 3 nitrogen and oxygen atoms in total. The standard InChI is InChI=1S/C11H15F3N2O/c1-8-6-9(17-15-8)7-16-5-3-2-4-10(16)11(12,13)14/h6,10H,2-5,7H2,1H3/t10-/m1/s1. The van der Waals surface area contributed by atoms with Gasteiger partial charge in [0.1, 0.15) is 6.04 Å². The van der Waals surface area contributed by atoms with Crippen LogP contribution in [-0.4, -0.2) is 28.8 Å². The van der Waals surface area contributed by atoms with Gasteiger partial charge in [-0.1, -0.05) is 11.6 Å². The van der Waals surface area contributed by atoms with E-state index in [0.29, 0.717) is 24.4 Å². The van der Waals surface area contributed by atoms with Gasteiger partial charge in [-0.05, 0) is 26.3 Å². The van der Waals surface area contributed by atoms with Crippen molar-refractivity contribution in [1.82, 2.24) is 10.1 Å². The molecule has 0 unspecified atom stereocenters. The summed E-state index contributed by atoms with van der Waals surface area (Å²) in [5.41, 5.74) is 0.695. The van der Waals surface area contributed by atoms with Crippen molar-refractivity contribution < 1.29 is 17.7 Å². The average molecular weight is 248 g/mol. The summed E-state index contributed by atoms with van der Waals surface area (Å²) in [4.78, 5) is 1.43. The number of nitrogens with zero attached hydrogens (tertiary/aromatic N) is 2. The summed E-state index contributed by atoms with van der Waals surface area (Å²) < 4.78 is 43.4. The molecule has 0 spiro atoms. The van der Waals surface area contributed by atoms with Crippen molar-refractivity contribution in [2.75, 3.05) is 6.54 Å². The number of halogens is 3. The van der Waals surface area contributed by atoms with Gasteiger partial charge >= 0.3 is 6.18 Å². The Balaban J connectivity index is 2.06. The Hall–Kier alpha value is -1.04.